The molecule has 0 N–H and O–H groups in total. The average Bonchev–Trinajstić information content (AvgIpc) is 1.88. The summed E-state index contributed by atoms with van der Waals surface area (Å²) >= 11 is 0. The molecule has 0 fully saturated rings. The molecule has 0 aliphatic rings. The second kappa shape index (κ2) is 5.21. The molecule has 10 heavy (non-hydrogen) atoms. The lowest BCUT2D eigenvalue weighted by Crippen LogP contribution is -2.05. The van der Waals surface area contributed by atoms with Crippen molar-refractivity contribution in [1.29, 1.82) is 0 Å². The first-order valence-corrected chi connectivity index (χ1v) is 3.79. The topological polar surface area (TPSA) is 17.1 Å². The van der Waals surface area contributed by atoms with Crippen molar-refractivity contribution in [1.82, 2.24) is 0 Å². The van der Waals surface area contributed by atoms with Crippen molar-refractivity contribution in [2.24, 2.45) is 5.92 Å². The van der Waals surface area contributed by atoms with Crippen molar-refractivity contribution in [3.8, 4) is 0 Å². The van der Waals surface area contributed by atoms with E-state index in [9.17, 15) is 4.79 Å². The molecule has 0 saturated carbocycles. The highest BCUT2D eigenvalue weighted by atomic mass is 16.1. The van der Waals surface area contributed by atoms with Crippen molar-refractivity contribution in [2.75, 3.05) is 0 Å². The van der Waals surface area contributed by atoms with Crippen LogP contribution in [0.2, 0.25) is 0 Å². The number of carbonyl (C=O) groups excluding carboxylic acids is 1. The second-order valence-electron chi connectivity index (χ2n) is 2.73. The standard InChI is InChI=1S/C9H16O/c1-4-5-6-7-8(2)9(3)10/h4,8H,1,5-7H2,2-3H3. The molecule has 0 amide bonds. The molecule has 1 nitrogen and oxygen atoms in total. The quantitative estimate of drug-likeness (QED) is 0.423. The van der Waals surface area contributed by atoms with E-state index in [-0.39, 0.29) is 5.92 Å². The van der Waals surface area contributed by atoms with E-state index in [4.69, 9.17) is 0 Å². The van der Waals surface area contributed by atoms with Crippen molar-refractivity contribution in [3.63, 3.8) is 0 Å². The molecule has 0 aromatic rings. The van der Waals surface area contributed by atoms with E-state index in [1.54, 1.807) is 6.92 Å². The molecule has 0 bridgehead atoms. The maximum atomic E-state index is 10.7. The van der Waals surface area contributed by atoms with E-state index >= 15 is 0 Å². The Balaban J connectivity index is 3.30. The largest absolute Gasteiger partial charge is 0.300 e. The molecule has 0 rings (SSSR count). The Morgan fingerprint density at radius 3 is 2.70 bits per heavy atom. The van der Waals surface area contributed by atoms with Crippen LogP contribution in [0.4, 0.5) is 0 Å². The molecule has 1 heteroatoms. The summed E-state index contributed by atoms with van der Waals surface area (Å²) in [6, 6.07) is 0. The normalized spacial score (nSPS) is 12.6. The molecule has 0 aliphatic carbocycles. The van der Waals surface area contributed by atoms with Crippen LogP contribution >= 0.6 is 0 Å². The predicted molar refractivity (Wildman–Crippen MR) is 43.9 cm³/mol. The Labute approximate surface area is 63.1 Å². The van der Waals surface area contributed by atoms with E-state index < -0.39 is 0 Å². The van der Waals surface area contributed by atoms with Crippen LogP contribution in [0.1, 0.15) is 33.1 Å². The molecule has 0 saturated heterocycles. The average molecular weight is 140 g/mol. The highest BCUT2D eigenvalue weighted by molar-refractivity contribution is 5.77. The minimum absolute atomic E-state index is 0.236. The number of ketones is 1. The molecule has 0 heterocycles. The Morgan fingerprint density at radius 2 is 2.30 bits per heavy atom. The van der Waals surface area contributed by atoms with Crippen LogP contribution in [0.15, 0.2) is 12.7 Å². The fourth-order valence-electron chi connectivity index (χ4n) is 0.772. The first-order chi connectivity index (χ1) is 4.68. The molecule has 1 unspecified atom stereocenters. The number of hydrogen-bond acceptors (Lipinski definition) is 1. The highest BCUT2D eigenvalue weighted by Crippen LogP contribution is 2.08. The summed E-state index contributed by atoms with van der Waals surface area (Å²) in [7, 11) is 0. The van der Waals surface area contributed by atoms with Crippen LogP contribution in [-0.2, 0) is 4.79 Å². The minimum atomic E-state index is 0.236. The smallest absolute Gasteiger partial charge is 0.132 e. The van der Waals surface area contributed by atoms with Gasteiger partial charge in [-0.2, -0.15) is 0 Å². The van der Waals surface area contributed by atoms with E-state index in [1.165, 1.54) is 0 Å². The summed E-state index contributed by atoms with van der Waals surface area (Å²) in [5.74, 6) is 0.531. The van der Waals surface area contributed by atoms with E-state index in [0.717, 1.165) is 19.3 Å². The van der Waals surface area contributed by atoms with E-state index in [1.807, 2.05) is 13.0 Å². The van der Waals surface area contributed by atoms with E-state index in [0.29, 0.717) is 5.78 Å². The van der Waals surface area contributed by atoms with Gasteiger partial charge in [-0.3, -0.25) is 4.79 Å². The van der Waals surface area contributed by atoms with Gasteiger partial charge in [0.1, 0.15) is 5.78 Å². The van der Waals surface area contributed by atoms with Crippen molar-refractivity contribution in [3.05, 3.63) is 12.7 Å². The number of Topliss-reactive ketones (excluding diaryl/α,β-unsaturated/α-hetero) is 1. The summed E-state index contributed by atoms with van der Waals surface area (Å²) in [5.41, 5.74) is 0. The summed E-state index contributed by atoms with van der Waals surface area (Å²) in [4.78, 5) is 10.7. The number of allylic oxidation sites excluding steroid dienone is 1. The van der Waals surface area contributed by atoms with Crippen LogP contribution in [0, 0.1) is 5.92 Å². The number of hydrogen-bond donors (Lipinski definition) is 0. The first kappa shape index (κ1) is 9.41. The summed E-state index contributed by atoms with van der Waals surface area (Å²) in [6.45, 7) is 7.25. The molecule has 0 radical (unpaired) electrons. The number of unbranched alkanes of at least 4 members (excludes halogenated alkanes) is 1. The summed E-state index contributed by atoms with van der Waals surface area (Å²) < 4.78 is 0. The van der Waals surface area contributed by atoms with Gasteiger partial charge in [-0.15, -0.1) is 6.58 Å². The van der Waals surface area contributed by atoms with Gasteiger partial charge >= 0.3 is 0 Å². The third-order valence-electron chi connectivity index (χ3n) is 1.74. The molecule has 0 spiro atoms. The highest BCUT2D eigenvalue weighted by Gasteiger charge is 2.04. The minimum Gasteiger partial charge on any atom is -0.300 e. The van der Waals surface area contributed by atoms with Crippen LogP contribution < -0.4 is 0 Å². The van der Waals surface area contributed by atoms with Crippen molar-refractivity contribution >= 4 is 5.78 Å². The number of rotatable bonds is 5. The molecule has 0 aromatic heterocycles. The third kappa shape index (κ3) is 4.30. The fraction of sp³-hybridized carbons (Fsp3) is 0.667. The van der Waals surface area contributed by atoms with Gasteiger partial charge < -0.3 is 0 Å². The molecule has 0 aliphatic heterocycles. The van der Waals surface area contributed by atoms with Crippen LogP contribution in [0.5, 0.6) is 0 Å². The maximum absolute atomic E-state index is 10.7. The van der Waals surface area contributed by atoms with Gasteiger partial charge in [0.15, 0.2) is 0 Å². The molecular weight excluding hydrogens is 124 g/mol. The molecule has 1 atom stereocenters. The monoisotopic (exact) mass is 140 g/mol. The van der Waals surface area contributed by atoms with E-state index in [2.05, 4.69) is 6.58 Å². The van der Waals surface area contributed by atoms with Crippen LogP contribution in [-0.4, -0.2) is 5.78 Å². The zero-order valence-electron chi connectivity index (χ0n) is 6.89. The zero-order chi connectivity index (χ0) is 7.98. The Kier molecular flexibility index (Phi) is 4.91. The number of carbonyl (C=O) groups is 1. The van der Waals surface area contributed by atoms with Gasteiger partial charge in [0.05, 0.1) is 0 Å². The molecule has 58 valence electrons. The Morgan fingerprint density at radius 1 is 1.70 bits per heavy atom. The Bertz CT molecular complexity index is 116. The van der Waals surface area contributed by atoms with Crippen LogP contribution in [0.25, 0.3) is 0 Å². The van der Waals surface area contributed by atoms with Gasteiger partial charge in [0.25, 0.3) is 0 Å². The van der Waals surface area contributed by atoms with Gasteiger partial charge in [-0.25, -0.2) is 0 Å². The van der Waals surface area contributed by atoms with Gasteiger partial charge in [-0.1, -0.05) is 13.0 Å². The Hall–Kier alpha value is -0.590. The molecule has 0 aromatic carbocycles. The first-order valence-electron chi connectivity index (χ1n) is 3.79. The molecular formula is C9H16O. The fourth-order valence-corrected chi connectivity index (χ4v) is 0.772. The van der Waals surface area contributed by atoms with Gasteiger partial charge in [-0.05, 0) is 26.2 Å². The maximum Gasteiger partial charge on any atom is 0.132 e. The summed E-state index contributed by atoms with van der Waals surface area (Å²) in [5, 5.41) is 0. The van der Waals surface area contributed by atoms with Gasteiger partial charge in [0, 0.05) is 5.92 Å². The van der Waals surface area contributed by atoms with Crippen molar-refractivity contribution < 1.29 is 4.79 Å². The van der Waals surface area contributed by atoms with Crippen LogP contribution in [0.3, 0.4) is 0 Å². The summed E-state index contributed by atoms with van der Waals surface area (Å²) in [6.07, 6.45) is 5.01. The second-order valence-corrected chi connectivity index (χ2v) is 2.73. The lowest BCUT2D eigenvalue weighted by molar-refractivity contribution is -0.120. The zero-order valence-corrected chi connectivity index (χ0v) is 6.89. The SMILES string of the molecule is C=CCCCC(C)C(C)=O. The van der Waals surface area contributed by atoms with Crippen molar-refractivity contribution in [2.45, 2.75) is 33.1 Å². The third-order valence-corrected chi connectivity index (χ3v) is 1.74. The lowest BCUT2D eigenvalue weighted by Gasteiger charge is -2.04. The predicted octanol–water partition coefficient (Wildman–Crippen LogP) is 2.57. The lowest BCUT2D eigenvalue weighted by atomic mass is 10.0. The van der Waals surface area contributed by atoms with Gasteiger partial charge in [0.2, 0.25) is 0 Å².